The zero-order chi connectivity index (χ0) is 18.8. The Morgan fingerprint density at radius 3 is 3.11 bits per heavy atom. The van der Waals surface area contributed by atoms with Crippen LogP contribution in [0, 0.1) is 0 Å². The van der Waals surface area contributed by atoms with E-state index in [4.69, 9.17) is 0 Å². The van der Waals surface area contributed by atoms with Gasteiger partial charge in [-0.05, 0) is 48.6 Å². The van der Waals surface area contributed by atoms with Crippen LogP contribution in [0.15, 0.2) is 44.5 Å². The second-order valence-electron chi connectivity index (χ2n) is 6.15. The van der Waals surface area contributed by atoms with Gasteiger partial charge in [-0.15, -0.1) is 21.5 Å². The molecule has 140 valence electrons. The summed E-state index contributed by atoms with van der Waals surface area (Å²) in [4.78, 5) is 16.2. The molecule has 0 spiro atoms. The van der Waals surface area contributed by atoms with Crippen LogP contribution in [0.4, 0.5) is 10.8 Å². The van der Waals surface area contributed by atoms with Crippen LogP contribution in [0.25, 0.3) is 0 Å². The van der Waals surface area contributed by atoms with Crippen molar-refractivity contribution in [3.8, 4) is 0 Å². The molecule has 1 atom stereocenters. The van der Waals surface area contributed by atoms with E-state index < -0.39 is 0 Å². The molecule has 1 amide bonds. The molecule has 1 aromatic carbocycles. The van der Waals surface area contributed by atoms with Crippen LogP contribution >= 0.6 is 50.4 Å². The van der Waals surface area contributed by atoms with E-state index in [1.807, 2.05) is 36.1 Å². The van der Waals surface area contributed by atoms with Gasteiger partial charge in [-0.25, -0.2) is 0 Å². The molecule has 1 N–H and O–H groups in total. The van der Waals surface area contributed by atoms with Crippen molar-refractivity contribution in [1.82, 2.24) is 15.1 Å². The highest BCUT2D eigenvalue weighted by Crippen LogP contribution is 2.32. The Hall–Kier alpha value is -1.42. The second kappa shape index (κ2) is 8.30. The number of carbonyl (C=O) groups excluding carboxylic acids is 1. The number of hydrogen-bond donors (Lipinski definition) is 1. The summed E-state index contributed by atoms with van der Waals surface area (Å²) >= 11 is 8.17. The first kappa shape index (κ1) is 18.9. The molecule has 27 heavy (non-hydrogen) atoms. The number of carbonyl (C=O) groups is 1. The van der Waals surface area contributed by atoms with E-state index in [1.165, 1.54) is 33.5 Å². The minimum Gasteiger partial charge on any atom is -0.337 e. The Morgan fingerprint density at radius 1 is 1.37 bits per heavy atom. The van der Waals surface area contributed by atoms with Crippen molar-refractivity contribution >= 4 is 67.1 Å². The van der Waals surface area contributed by atoms with Gasteiger partial charge in [0.15, 0.2) is 4.34 Å². The second-order valence-corrected chi connectivity index (χ2v) is 10.6. The molecule has 0 saturated heterocycles. The standard InChI is InChI=1S/C18H17BrN4OS3/c1-11(16(24)23-7-5-15-12(10-23)6-8-25-15)26-18-22-21-17(27-18)20-14-4-2-3-13(19)9-14/h2-4,6,8-9,11H,5,7,10H2,1H3,(H,20,21). The molecule has 0 saturated carbocycles. The number of anilines is 2. The van der Waals surface area contributed by atoms with Gasteiger partial charge in [0, 0.05) is 28.1 Å². The van der Waals surface area contributed by atoms with Crippen molar-refractivity contribution in [2.75, 3.05) is 11.9 Å². The van der Waals surface area contributed by atoms with Gasteiger partial charge in [0.05, 0.1) is 5.25 Å². The SMILES string of the molecule is CC(Sc1nnc(Nc2cccc(Br)c2)s1)C(=O)N1CCc2sccc2C1. The maximum absolute atomic E-state index is 12.8. The zero-order valence-electron chi connectivity index (χ0n) is 14.5. The summed E-state index contributed by atoms with van der Waals surface area (Å²) in [6.45, 7) is 3.45. The molecule has 3 aromatic rings. The van der Waals surface area contributed by atoms with E-state index in [0.29, 0.717) is 6.54 Å². The molecule has 0 fully saturated rings. The maximum Gasteiger partial charge on any atom is 0.236 e. The average Bonchev–Trinajstić information content (AvgIpc) is 3.29. The van der Waals surface area contributed by atoms with Crippen LogP contribution in [-0.4, -0.2) is 32.8 Å². The highest BCUT2D eigenvalue weighted by atomic mass is 79.9. The highest BCUT2D eigenvalue weighted by molar-refractivity contribution is 9.10. The third-order valence-electron chi connectivity index (χ3n) is 4.23. The number of hydrogen-bond acceptors (Lipinski definition) is 7. The summed E-state index contributed by atoms with van der Waals surface area (Å²) in [5, 5.41) is 14.3. The number of halogens is 1. The Balaban J connectivity index is 1.36. The molecular weight excluding hydrogens is 464 g/mol. The van der Waals surface area contributed by atoms with Crippen molar-refractivity contribution in [3.63, 3.8) is 0 Å². The fraction of sp³-hybridized carbons (Fsp3) is 0.278. The molecule has 1 unspecified atom stereocenters. The molecule has 1 aliphatic heterocycles. The van der Waals surface area contributed by atoms with Crippen molar-refractivity contribution < 1.29 is 4.79 Å². The number of aromatic nitrogens is 2. The number of benzene rings is 1. The van der Waals surface area contributed by atoms with Crippen molar-refractivity contribution in [2.45, 2.75) is 29.5 Å². The van der Waals surface area contributed by atoms with Crippen molar-refractivity contribution in [3.05, 3.63) is 50.6 Å². The van der Waals surface area contributed by atoms with Crippen LogP contribution in [0.2, 0.25) is 0 Å². The zero-order valence-corrected chi connectivity index (χ0v) is 18.6. The van der Waals surface area contributed by atoms with Gasteiger partial charge in [0.25, 0.3) is 0 Å². The molecular formula is C18H17BrN4OS3. The molecule has 9 heteroatoms. The molecule has 4 rings (SSSR count). The van der Waals surface area contributed by atoms with Crippen LogP contribution in [0.5, 0.6) is 0 Å². The van der Waals surface area contributed by atoms with Crippen LogP contribution < -0.4 is 5.32 Å². The summed E-state index contributed by atoms with van der Waals surface area (Å²) in [7, 11) is 0. The first-order valence-electron chi connectivity index (χ1n) is 8.45. The third kappa shape index (κ3) is 4.53. The Bertz CT molecular complexity index is 957. The highest BCUT2D eigenvalue weighted by Gasteiger charge is 2.26. The number of amides is 1. The molecule has 0 aliphatic carbocycles. The molecule has 0 radical (unpaired) electrons. The molecule has 3 heterocycles. The lowest BCUT2D eigenvalue weighted by Gasteiger charge is -2.28. The smallest absolute Gasteiger partial charge is 0.236 e. The van der Waals surface area contributed by atoms with E-state index in [1.54, 1.807) is 11.3 Å². The third-order valence-corrected chi connectivity index (χ3v) is 7.75. The quantitative estimate of drug-likeness (QED) is 0.510. The summed E-state index contributed by atoms with van der Waals surface area (Å²) in [6, 6.07) is 10.0. The number of thiophene rings is 1. The number of nitrogens with zero attached hydrogens (tertiary/aromatic N) is 3. The van der Waals surface area contributed by atoms with Gasteiger partial charge in [-0.3, -0.25) is 4.79 Å². The van der Waals surface area contributed by atoms with E-state index in [-0.39, 0.29) is 11.2 Å². The predicted molar refractivity (Wildman–Crippen MR) is 116 cm³/mol. The first-order valence-corrected chi connectivity index (χ1v) is 11.8. The fourth-order valence-electron chi connectivity index (χ4n) is 2.89. The minimum absolute atomic E-state index is 0.161. The van der Waals surface area contributed by atoms with Crippen molar-refractivity contribution in [1.29, 1.82) is 0 Å². The van der Waals surface area contributed by atoms with Crippen molar-refractivity contribution in [2.24, 2.45) is 0 Å². The molecule has 2 aromatic heterocycles. The Labute approximate surface area is 178 Å². The molecule has 5 nitrogen and oxygen atoms in total. The maximum atomic E-state index is 12.8. The summed E-state index contributed by atoms with van der Waals surface area (Å²) in [5.41, 5.74) is 2.23. The van der Waals surface area contributed by atoms with E-state index in [0.717, 1.165) is 32.6 Å². The number of nitrogens with one attached hydrogen (secondary N) is 1. The normalized spacial score (nSPS) is 14.7. The first-order chi connectivity index (χ1) is 13.1. The lowest BCUT2D eigenvalue weighted by molar-refractivity contribution is -0.131. The Kier molecular flexibility index (Phi) is 5.82. The van der Waals surface area contributed by atoms with Gasteiger partial charge < -0.3 is 10.2 Å². The van der Waals surface area contributed by atoms with E-state index in [9.17, 15) is 4.79 Å². The number of rotatable bonds is 5. The van der Waals surface area contributed by atoms with Crippen LogP contribution in [0.1, 0.15) is 17.4 Å². The van der Waals surface area contributed by atoms with Gasteiger partial charge in [-0.2, -0.15) is 0 Å². The summed E-state index contributed by atoms with van der Waals surface area (Å²) in [6.07, 6.45) is 0.954. The van der Waals surface area contributed by atoms with Gasteiger partial charge in [-0.1, -0.05) is 45.1 Å². The topological polar surface area (TPSA) is 58.1 Å². The van der Waals surface area contributed by atoms with Gasteiger partial charge in [0.1, 0.15) is 0 Å². The van der Waals surface area contributed by atoms with Crippen LogP contribution in [-0.2, 0) is 17.8 Å². The van der Waals surface area contributed by atoms with E-state index in [2.05, 4.69) is 42.9 Å². The fourth-order valence-corrected chi connectivity index (χ4v) is 6.18. The Morgan fingerprint density at radius 2 is 2.26 bits per heavy atom. The summed E-state index contributed by atoms with van der Waals surface area (Å²) in [5.74, 6) is 0.161. The predicted octanol–water partition coefficient (Wildman–Crippen LogP) is 5.17. The number of thioether (sulfide) groups is 1. The van der Waals surface area contributed by atoms with Crippen LogP contribution in [0.3, 0.4) is 0 Å². The average molecular weight is 481 g/mol. The summed E-state index contributed by atoms with van der Waals surface area (Å²) < 4.78 is 1.79. The lowest BCUT2D eigenvalue weighted by Crippen LogP contribution is -2.39. The lowest BCUT2D eigenvalue weighted by atomic mass is 10.1. The van der Waals surface area contributed by atoms with Gasteiger partial charge >= 0.3 is 0 Å². The number of fused-ring (bicyclic) bond motifs is 1. The monoisotopic (exact) mass is 480 g/mol. The van der Waals surface area contributed by atoms with E-state index >= 15 is 0 Å². The van der Waals surface area contributed by atoms with Gasteiger partial charge in [0.2, 0.25) is 11.0 Å². The minimum atomic E-state index is -0.183. The molecule has 1 aliphatic rings. The largest absolute Gasteiger partial charge is 0.337 e. The molecule has 0 bridgehead atoms.